The van der Waals surface area contributed by atoms with Crippen LogP contribution in [0.25, 0.3) is 0 Å². The number of hydrogen-bond acceptors (Lipinski definition) is 1. The molecule has 1 atom stereocenters. The zero-order valence-electron chi connectivity index (χ0n) is 8.51. The largest absolute Gasteiger partial charge is 0.311 e. The molecule has 1 amide bonds. The van der Waals surface area contributed by atoms with Crippen molar-refractivity contribution >= 4 is 5.91 Å². The average Bonchev–Trinajstić information content (AvgIpc) is 2.05. The van der Waals surface area contributed by atoms with Gasteiger partial charge in [0.2, 0.25) is 5.91 Å². The van der Waals surface area contributed by atoms with Crippen LogP contribution in [0, 0.1) is 5.92 Å². The molecule has 1 aliphatic heterocycles. The third kappa shape index (κ3) is 1.38. The minimum absolute atomic E-state index is 0.0595. The second-order valence-electron chi connectivity index (χ2n) is 4.44. The maximum absolute atomic E-state index is 11.6. The van der Waals surface area contributed by atoms with Crippen molar-refractivity contribution in [1.29, 1.82) is 0 Å². The summed E-state index contributed by atoms with van der Waals surface area (Å²) >= 11 is 0. The summed E-state index contributed by atoms with van der Waals surface area (Å²) in [5.41, 5.74) is 1.00. The fourth-order valence-electron chi connectivity index (χ4n) is 1.74. The Bertz CT molecular complexity index is 235. The van der Waals surface area contributed by atoms with E-state index in [2.05, 4.69) is 20.8 Å². The monoisotopic (exact) mass is 167 g/mol. The van der Waals surface area contributed by atoms with Crippen LogP contribution >= 0.6 is 0 Å². The van der Waals surface area contributed by atoms with E-state index >= 15 is 0 Å². The summed E-state index contributed by atoms with van der Waals surface area (Å²) in [5.74, 6) is 0.282. The molecule has 0 fully saturated rings. The highest BCUT2D eigenvalue weighted by molar-refractivity contribution is 5.85. The lowest BCUT2D eigenvalue weighted by molar-refractivity contribution is -0.133. The van der Waals surface area contributed by atoms with Crippen LogP contribution in [0.2, 0.25) is 0 Å². The highest BCUT2D eigenvalue weighted by Crippen LogP contribution is 2.28. The summed E-state index contributed by atoms with van der Waals surface area (Å²) in [6, 6.07) is 0. The average molecular weight is 167 g/mol. The molecule has 12 heavy (non-hydrogen) atoms. The topological polar surface area (TPSA) is 20.3 Å². The zero-order chi connectivity index (χ0) is 9.52. The SMILES string of the molecule is CC1=CC(C)C(=O)N1C(C)(C)C. The maximum atomic E-state index is 11.6. The van der Waals surface area contributed by atoms with Crippen molar-refractivity contribution in [2.24, 2.45) is 5.92 Å². The van der Waals surface area contributed by atoms with Crippen molar-refractivity contribution in [1.82, 2.24) is 4.90 Å². The Hall–Kier alpha value is -0.790. The quantitative estimate of drug-likeness (QED) is 0.541. The van der Waals surface area contributed by atoms with E-state index in [0.717, 1.165) is 5.70 Å². The third-order valence-corrected chi connectivity index (χ3v) is 2.12. The molecule has 0 saturated carbocycles. The molecule has 0 aromatic carbocycles. The fourth-order valence-corrected chi connectivity index (χ4v) is 1.74. The lowest BCUT2D eigenvalue weighted by Crippen LogP contribution is -2.42. The zero-order valence-corrected chi connectivity index (χ0v) is 8.51. The molecule has 2 nitrogen and oxygen atoms in total. The van der Waals surface area contributed by atoms with E-state index in [4.69, 9.17) is 0 Å². The lowest BCUT2D eigenvalue weighted by atomic mass is 10.1. The summed E-state index contributed by atoms with van der Waals surface area (Å²) in [6.45, 7) is 10.1. The molecule has 68 valence electrons. The van der Waals surface area contributed by atoms with Gasteiger partial charge in [-0.1, -0.05) is 13.0 Å². The van der Waals surface area contributed by atoms with Gasteiger partial charge in [0.05, 0.1) is 5.92 Å². The Morgan fingerprint density at radius 3 is 2.08 bits per heavy atom. The summed E-state index contributed by atoms with van der Waals surface area (Å²) < 4.78 is 0. The number of allylic oxidation sites excluding steroid dienone is 1. The second-order valence-corrected chi connectivity index (χ2v) is 4.44. The van der Waals surface area contributed by atoms with E-state index in [1.54, 1.807) is 0 Å². The van der Waals surface area contributed by atoms with Gasteiger partial charge in [0.25, 0.3) is 0 Å². The van der Waals surface area contributed by atoms with E-state index in [0.29, 0.717) is 0 Å². The van der Waals surface area contributed by atoms with Crippen molar-refractivity contribution < 1.29 is 4.79 Å². The summed E-state index contributed by atoms with van der Waals surface area (Å²) in [6.07, 6.45) is 2.02. The molecule has 1 aliphatic rings. The molecular formula is C10H17NO. The highest BCUT2D eigenvalue weighted by atomic mass is 16.2. The fraction of sp³-hybridized carbons (Fsp3) is 0.700. The van der Waals surface area contributed by atoms with Crippen LogP contribution in [0.15, 0.2) is 11.8 Å². The molecule has 0 aromatic rings. The molecule has 0 N–H and O–H groups in total. The predicted molar refractivity (Wildman–Crippen MR) is 49.5 cm³/mol. The normalized spacial score (nSPS) is 24.8. The van der Waals surface area contributed by atoms with Crippen LogP contribution in [0.5, 0.6) is 0 Å². The Labute approximate surface area is 74.2 Å². The van der Waals surface area contributed by atoms with Crippen LogP contribution in [-0.4, -0.2) is 16.3 Å². The summed E-state index contributed by atoms with van der Waals surface area (Å²) in [7, 11) is 0. The molecule has 2 heteroatoms. The van der Waals surface area contributed by atoms with Gasteiger partial charge in [0, 0.05) is 11.2 Å². The molecule has 1 unspecified atom stereocenters. The van der Waals surface area contributed by atoms with Gasteiger partial charge in [-0.05, 0) is 27.7 Å². The molecule has 0 aromatic heterocycles. The Morgan fingerprint density at radius 2 is 1.92 bits per heavy atom. The first-order valence-corrected chi connectivity index (χ1v) is 4.36. The lowest BCUT2D eigenvalue weighted by Gasteiger charge is -2.33. The van der Waals surface area contributed by atoms with Gasteiger partial charge < -0.3 is 4.90 Å². The van der Waals surface area contributed by atoms with Gasteiger partial charge in [-0.15, -0.1) is 0 Å². The molecule has 0 saturated heterocycles. The van der Waals surface area contributed by atoms with E-state index in [-0.39, 0.29) is 17.4 Å². The molecule has 0 spiro atoms. The first-order valence-electron chi connectivity index (χ1n) is 4.36. The molecule has 0 bridgehead atoms. The van der Waals surface area contributed by atoms with Crippen molar-refractivity contribution in [2.45, 2.75) is 40.2 Å². The van der Waals surface area contributed by atoms with Gasteiger partial charge in [0.1, 0.15) is 0 Å². The van der Waals surface area contributed by atoms with Crippen molar-refractivity contribution in [3.05, 3.63) is 11.8 Å². The number of amides is 1. The Morgan fingerprint density at radius 1 is 1.42 bits per heavy atom. The number of carbonyl (C=O) groups is 1. The van der Waals surface area contributed by atoms with Crippen LogP contribution in [0.1, 0.15) is 34.6 Å². The minimum Gasteiger partial charge on any atom is -0.311 e. The van der Waals surface area contributed by atoms with Crippen LogP contribution < -0.4 is 0 Å². The van der Waals surface area contributed by atoms with Gasteiger partial charge in [-0.3, -0.25) is 4.79 Å². The maximum Gasteiger partial charge on any atom is 0.233 e. The first kappa shape index (κ1) is 9.30. The van der Waals surface area contributed by atoms with Crippen LogP contribution in [0.4, 0.5) is 0 Å². The van der Waals surface area contributed by atoms with Crippen LogP contribution in [-0.2, 0) is 4.79 Å². The van der Waals surface area contributed by atoms with Crippen molar-refractivity contribution in [3.8, 4) is 0 Å². The van der Waals surface area contributed by atoms with E-state index in [9.17, 15) is 4.79 Å². The summed E-state index contributed by atoms with van der Waals surface area (Å²) in [4.78, 5) is 13.5. The van der Waals surface area contributed by atoms with Gasteiger partial charge in [-0.25, -0.2) is 0 Å². The molecule has 1 heterocycles. The molecular weight excluding hydrogens is 150 g/mol. The summed E-state index contributed by atoms with van der Waals surface area (Å²) in [5, 5.41) is 0. The van der Waals surface area contributed by atoms with Gasteiger partial charge >= 0.3 is 0 Å². The number of hydrogen-bond donors (Lipinski definition) is 0. The van der Waals surface area contributed by atoms with Gasteiger partial charge in [0.15, 0.2) is 0 Å². The molecule has 0 aliphatic carbocycles. The Kier molecular flexibility index (Phi) is 2.02. The standard InChI is InChI=1S/C10H17NO/c1-7-6-8(2)11(9(7)12)10(3,4)5/h6-7H,1-5H3. The Balaban J connectivity index is 2.94. The van der Waals surface area contributed by atoms with Crippen LogP contribution in [0.3, 0.4) is 0 Å². The van der Waals surface area contributed by atoms with E-state index < -0.39 is 0 Å². The molecule has 0 radical (unpaired) electrons. The third-order valence-electron chi connectivity index (χ3n) is 2.12. The number of rotatable bonds is 0. The molecule has 1 rings (SSSR count). The van der Waals surface area contributed by atoms with Crippen molar-refractivity contribution in [2.75, 3.05) is 0 Å². The minimum atomic E-state index is -0.0809. The number of nitrogens with zero attached hydrogens (tertiary/aromatic N) is 1. The van der Waals surface area contributed by atoms with Crippen molar-refractivity contribution in [3.63, 3.8) is 0 Å². The smallest absolute Gasteiger partial charge is 0.233 e. The highest BCUT2D eigenvalue weighted by Gasteiger charge is 2.34. The second kappa shape index (κ2) is 2.61. The number of carbonyl (C=O) groups excluding carboxylic acids is 1. The van der Waals surface area contributed by atoms with E-state index in [1.165, 1.54) is 0 Å². The van der Waals surface area contributed by atoms with Gasteiger partial charge in [-0.2, -0.15) is 0 Å². The first-order chi connectivity index (χ1) is 5.34. The predicted octanol–water partition coefficient (Wildman–Crippen LogP) is 2.17. The van der Waals surface area contributed by atoms with E-state index in [1.807, 2.05) is 24.8 Å².